The van der Waals surface area contributed by atoms with E-state index in [0.717, 1.165) is 38.4 Å². The Morgan fingerprint density at radius 1 is 1.16 bits per heavy atom. The number of nitrogens with one attached hydrogen (secondary N) is 1. The van der Waals surface area contributed by atoms with Crippen LogP contribution in [-0.2, 0) is 17.8 Å². The molecule has 1 fully saturated rings. The first-order valence-corrected chi connectivity index (χ1v) is 9.31. The standard InChI is InChI=1S/C19H20FIN2O2/c20-16-5-6-17(18(21)11-16)19(24)22-12-14-3-1-2-4-15(14)13-23-7-9-25-10-8-23/h1-6,11H,7-10,12-13H2,(H,22,24). The normalized spacial score (nSPS) is 15.1. The smallest absolute Gasteiger partial charge is 0.252 e. The highest BCUT2D eigenvalue weighted by Gasteiger charge is 2.14. The number of hydrogen-bond donors (Lipinski definition) is 1. The summed E-state index contributed by atoms with van der Waals surface area (Å²) in [6.07, 6.45) is 0. The van der Waals surface area contributed by atoms with Gasteiger partial charge in [-0.3, -0.25) is 9.69 Å². The van der Waals surface area contributed by atoms with E-state index in [-0.39, 0.29) is 11.7 Å². The minimum absolute atomic E-state index is 0.189. The number of carbonyl (C=O) groups excluding carboxylic acids is 1. The van der Waals surface area contributed by atoms with Crippen molar-refractivity contribution < 1.29 is 13.9 Å². The van der Waals surface area contributed by atoms with Gasteiger partial charge in [-0.1, -0.05) is 24.3 Å². The second-order valence-corrected chi connectivity index (χ2v) is 7.13. The Bertz CT molecular complexity index is 748. The molecule has 1 N–H and O–H groups in total. The summed E-state index contributed by atoms with van der Waals surface area (Å²) in [6.45, 7) is 4.68. The Morgan fingerprint density at radius 2 is 1.88 bits per heavy atom. The third-order valence-corrected chi connectivity index (χ3v) is 5.12. The molecule has 1 saturated heterocycles. The number of rotatable bonds is 5. The predicted molar refractivity (Wildman–Crippen MR) is 103 cm³/mol. The molecule has 1 heterocycles. The average molecular weight is 454 g/mol. The Hall–Kier alpha value is -1.51. The summed E-state index contributed by atoms with van der Waals surface area (Å²) < 4.78 is 19.2. The number of carbonyl (C=O) groups is 1. The van der Waals surface area contributed by atoms with Gasteiger partial charge in [-0.25, -0.2) is 4.39 Å². The van der Waals surface area contributed by atoms with Crippen LogP contribution in [0, 0.1) is 9.39 Å². The summed E-state index contributed by atoms with van der Waals surface area (Å²) in [6, 6.07) is 12.3. The van der Waals surface area contributed by atoms with Gasteiger partial charge in [-0.05, 0) is 51.9 Å². The van der Waals surface area contributed by atoms with Gasteiger partial charge in [0.05, 0.1) is 18.8 Å². The molecule has 0 saturated carbocycles. The quantitative estimate of drug-likeness (QED) is 0.706. The minimum atomic E-state index is -0.336. The Morgan fingerprint density at radius 3 is 2.60 bits per heavy atom. The van der Waals surface area contributed by atoms with E-state index < -0.39 is 0 Å². The van der Waals surface area contributed by atoms with E-state index in [1.807, 2.05) is 40.8 Å². The topological polar surface area (TPSA) is 41.6 Å². The van der Waals surface area contributed by atoms with Crippen molar-refractivity contribution in [3.63, 3.8) is 0 Å². The molecule has 25 heavy (non-hydrogen) atoms. The summed E-state index contributed by atoms with van der Waals surface area (Å²) in [5.74, 6) is -0.526. The van der Waals surface area contributed by atoms with Crippen molar-refractivity contribution in [1.29, 1.82) is 0 Å². The van der Waals surface area contributed by atoms with Crippen LogP contribution in [-0.4, -0.2) is 37.1 Å². The number of nitrogens with zero attached hydrogens (tertiary/aromatic N) is 1. The lowest BCUT2D eigenvalue weighted by Gasteiger charge is -2.27. The van der Waals surface area contributed by atoms with Gasteiger partial charge in [0, 0.05) is 29.7 Å². The molecule has 0 unspecified atom stereocenters. The maximum Gasteiger partial charge on any atom is 0.252 e. The van der Waals surface area contributed by atoms with Gasteiger partial charge in [0.15, 0.2) is 0 Å². The molecule has 2 aromatic carbocycles. The van der Waals surface area contributed by atoms with E-state index in [1.54, 1.807) is 0 Å². The highest BCUT2D eigenvalue weighted by molar-refractivity contribution is 14.1. The van der Waals surface area contributed by atoms with Crippen LogP contribution >= 0.6 is 22.6 Å². The van der Waals surface area contributed by atoms with Gasteiger partial charge in [-0.15, -0.1) is 0 Å². The molecule has 6 heteroatoms. The maximum absolute atomic E-state index is 13.2. The molecule has 0 spiro atoms. The van der Waals surface area contributed by atoms with Crippen LogP contribution < -0.4 is 5.32 Å². The fourth-order valence-corrected chi connectivity index (χ4v) is 3.55. The van der Waals surface area contributed by atoms with Crippen LogP contribution in [0.3, 0.4) is 0 Å². The number of halogens is 2. The number of ether oxygens (including phenoxy) is 1. The van der Waals surface area contributed by atoms with E-state index in [9.17, 15) is 9.18 Å². The fourth-order valence-electron chi connectivity index (χ4n) is 2.83. The van der Waals surface area contributed by atoms with Gasteiger partial charge in [0.2, 0.25) is 0 Å². The second-order valence-electron chi connectivity index (χ2n) is 5.96. The van der Waals surface area contributed by atoms with Crippen molar-refractivity contribution in [2.75, 3.05) is 26.3 Å². The molecular formula is C19H20FIN2O2. The monoisotopic (exact) mass is 454 g/mol. The minimum Gasteiger partial charge on any atom is -0.379 e. The molecule has 2 aromatic rings. The molecule has 132 valence electrons. The van der Waals surface area contributed by atoms with Crippen LogP contribution in [0.2, 0.25) is 0 Å². The van der Waals surface area contributed by atoms with Gasteiger partial charge in [0.25, 0.3) is 5.91 Å². The van der Waals surface area contributed by atoms with Gasteiger partial charge >= 0.3 is 0 Å². The fraction of sp³-hybridized carbons (Fsp3) is 0.316. The summed E-state index contributed by atoms with van der Waals surface area (Å²) in [4.78, 5) is 14.7. The third kappa shape index (κ3) is 4.99. The maximum atomic E-state index is 13.2. The Kier molecular flexibility index (Phi) is 6.39. The van der Waals surface area contributed by atoms with Crippen molar-refractivity contribution in [3.05, 3.63) is 68.5 Å². The number of benzene rings is 2. The van der Waals surface area contributed by atoms with Crippen LogP contribution in [0.4, 0.5) is 4.39 Å². The first kappa shape index (κ1) is 18.3. The van der Waals surface area contributed by atoms with Gasteiger partial charge < -0.3 is 10.1 Å². The van der Waals surface area contributed by atoms with E-state index in [0.29, 0.717) is 15.7 Å². The van der Waals surface area contributed by atoms with E-state index >= 15 is 0 Å². The van der Waals surface area contributed by atoms with Gasteiger partial charge in [-0.2, -0.15) is 0 Å². The lowest BCUT2D eigenvalue weighted by Crippen LogP contribution is -2.36. The zero-order chi connectivity index (χ0) is 17.6. The molecule has 0 bridgehead atoms. The average Bonchev–Trinajstić information content (AvgIpc) is 2.61. The molecule has 3 rings (SSSR count). The summed E-state index contributed by atoms with van der Waals surface area (Å²) in [7, 11) is 0. The van der Waals surface area contributed by atoms with Crippen molar-refractivity contribution >= 4 is 28.5 Å². The van der Waals surface area contributed by atoms with Gasteiger partial charge in [0.1, 0.15) is 5.82 Å². The molecule has 0 aromatic heterocycles. The highest BCUT2D eigenvalue weighted by Crippen LogP contribution is 2.16. The van der Waals surface area contributed by atoms with Crippen LogP contribution in [0.5, 0.6) is 0 Å². The molecule has 1 aliphatic heterocycles. The van der Waals surface area contributed by atoms with E-state index in [2.05, 4.69) is 16.3 Å². The molecule has 0 aliphatic carbocycles. The third-order valence-electron chi connectivity index (χ3n) is 4.23. The lowest BCUT2D eigenvalue weighted by molar-refractivity contribution is 0.0340. The number of amides is 1. The van der Waals surface area contributed by atoms with Crippen LogP contribution in [0.25, 0.3) is 0 Å². The van der Waals surface area contributed by atoms with Crippen molar-refractivity contribution in [2.45, 2.75) is 13.1 Å². The summed E-state index contributed by atoms with van der Waals surface area (Å²) in [5.41, 5.74) is 2.80. The van der Waals surface area contributed by atoms with Crippen LogP contribution in [0.1, 0.15) is 21.5 Å². The largest absolute Gasteiger partial charge is 0.379 e. The molecule has 4 nitrogen and oxygen atoms in total. The predicted octanol–water partition coefficient (Wildman–Crippen LogP) is 3.19. The Balaban J connectivity index is 1.65. The first-order chi connectivity index (χ1) is 12.1. The van der Waals surface area contributed by atoms with Crippen LogP contribution in [0.15, 0.2) is 42.5 Å². The molecule has 1 aliphatic rings. The van der Waals surface area contributed by atoms with E-state index in [1.165, 1.54) is 23.8 Å². The lowest BCUT2D eigenvalue weighted by atomic mass is 10.1. The zero-order valence-corrected chi connectivity index (χ0v) is 16.0. The van der Waals surface area contributed by atoms with Crippen molar-refractivity contribution in [2.24, 2.45) is 0 Å². The summed E-state index contributed by atoms with van der Waals surface area (Å²) in [5, 5.41) is 2.94. The summed E-state index contributed by atoms with van der Waals surface area (Å²) >= 11 is 1.98. The molecule has 0 radical (unpaired) electrons. The number of morpholine rings is 1. The van der Waals surface area contributed by atoms with Crippen molar-refractivity contribution in [1.82, 2.24) is 10.2 Å². The molecular weight excluding hydrogens is 434 g/mol. The Labute approximate surface area is 160 Å². The van der Waals surface area contributed by atoms with Crippen molar-refractivity contribution in [3.8, 4) is 0 Å². The zero-order valence-electron chi connectivity index (χ0n) is 13.8. The first-order valence-electron chi connectivity index (χ1n) is 8.23. The highest BCUT2D eigenvalue weighted by atomic mass is 127. The second kappa shape index (κ2) is 8.73. The molecule has 1 amide bonds. The number of hydrogen-bond acceptors (Lipinski definition) is 3. The SMILES string of the molecule is O=C(NCc1ccccc1CN1CCOCC1)c1ccc(F)cc1I. The van der Waals surface area contributed by atoms with E-state index in [4.69, 9.17) is 4.74 Å². The molecule has 0 atom stereocenters.